The topological polar surface area (TPSA) is 66.8 Å². The standard InChI is InChI=1S/C12H12ClNO4/c13-8-1-3-9(4-2-8)18-10-5-6-14(12(10)17)7-11(15)16/h1-4,10H,5-7H2,(H,15,16). The molecule has 5 nitrogen and oxygen atoms in total. The summed E-state index contributed by atoms with van der Waals surface area (Å²) >= 11 is 5.74. The van der Waals surface area contributed by atoms with Gasteiger partial charge < -0.3 is 14.7 Å². The van der Waals surface area contributed by atoms with Crippen LogP contribution in [0.1, 0.15) is 6.42 Å². The first-order valence-corrected chi connectivity index (χ1v) is 5.87. The zero-order valence-electron chi connectivity index (χ0n) is 9.51. The Balaban J connectivity index is 1.97. The number of carbonyl (C=O) groups is 2. The minimum absolute atomic E-state index is 0.278. The Morgan fingerprint density at radius 2 is 2.11 bits per heavy atom. The van der Waals surface area contributed by atoms with Crippen molar-refractivity contribution in [3.63, 3.8) is 0 Å². The molecule has 1 unspecified atom stereocenters. The molecule has 1 saturated heterocycles. The fourth-order valence-corrected chi connectivity index (χ4v) is 1.94. The van der Waals surface area contributed by atoms with Crippen molar-refractivity contribution < 1.29 is 19.4 Å². The van der Waals surface area contributed by atoms with E-state index in [4.69, 9.17) is 21.4 Å². The Labute approximate surface area is 109 Å². The van der Waals surface area contributed by atoms with E-state index in [0.29, 0.717) is 23.7 Å². The van der Waals surface area contributed by atoms with Gasteiger partial charge in [0.25, 0.3) is 5.91 Å². The fraction of sp³-hybridized carbons (Fsp3) is 0.333. The molecule has 18 heavy (non-hydrogen) atoms. The van der Waals surface area contributed by atoms with Gasteiger partial charge in [-0.1, -0.05) is 11.6 Å². The second-order valence-corrected chi connectivity index (χ2v) is 4.44. The van der Waals surface area contributed by atoms with Crippen molar-refractivity contribution in [3.8, 4) is 5.75 Å². The molecule has 1 aromatic rings. The monoisotopic (exact) mass is 269 g/mol. The van der Waals surface area contributed by atoms with Gasteiger partial charge in [-0.15, -0.1) is 0 Å². The minimum Gasteiger partial charge on any atom is -0.481 e. The Bertz CT molecular complexity index is 460. The van der Waals surface area contributed by atoms with Crippen LogP contribution in [0.4, 0.5) is 0 Å². The summed E-state index contributed by atoms with van der Waals surface area (Å²) < 4.78 is 5.51. The molecule has 1 atom stereocenters. The lowest BCUT2D eigenvalue weighted by Crippen LogP contribution is -2.35. The number of halogens is 1. The molecule has 0 bridgehead atoms. The molecular weight excluding hydrogens is 258 g/mol. The normalized spacial score (nSPS) is 19.1. The number of amides is 1. The molecule has 1 heterocycles. The lowest BCUT2D eigenvalue weighted by molar-refractivity contribution is -0.144. The van der Waals surface area contributed by atoms with Crippen molar-refractivity contribution in [1.29, 1.82) is 0 Å². The summed E-state index contributed by atoms with van der Waals surface area (Å²) in [6.45, 7) is 0.128. The summed E-state index contributed by atoms with van der Waals surface area (Å²) in [6, 6.07) is 6.70. The lowest BCUT2D eigenvalue weighted by atomic mass is 10.3. The molecule has 1 N–H and O–H groups in total. The van der Waals surface area contributed by atoms with Gasteiger partial charge in [0.05, 0.1) is 0 Å². The number of rotatable bonds is 4. The highest BCUT2D eigenvalue weighted by Crippen LogP contribution is 2.21. The molecular formula is C12H12ClNO4. The highest BCUT2D eigenvalue weighted by Gasteiger charge is 2.34. The third-order valence-electron chi connectivity index (χ3n) is 2.67. The van der Waals surface area contributed by atoms with E-state index >= 15 is 0 Å². The number of aliphatic carboxylic acids is 1. The number of hydrogen-bond acceptors (Lipinski definition) is 3. The molecule has 0 aliphatic carbocycles. The molecule has 1 fully saturated rings. The molecule has 6 heteroatoms. The molecule has 2 rings (SSSR count). The van der Waals surface area contributed by atoms with Crippen LogP contribution in [-0.2, 0) is 9.59 Å². The molecule has 1 aliphatic rings. The van der Waals surface area contributed by atoms with Crippen molar-refractivity contribution in [2.24, 2.45) is 0 Å². The number of carboxylic acid groups (broad SMARTS) is 1. The first-order chi connectivity index (χ1) is 8.56. The number of hydrogen-bond donors (Lipinski definition) is 1. The van der Waals surface area contributed by atoms with Crippen LogP contribution in [0.25, 0.3) is 0 Å². The maximum absolute atomic E-state index is 11.8. The van der Waals surface area contributed by atoms with E-state index in [9.17, 15) is 9.59 Å². The first kappa shape index (κ1) is 12.7. The number of benzene rings is 1. The van der Waals surface area contributed by atoms with Crippen LogP contribution < -0.4 is 4.74 Å². The molecule has 1 amide bonds. The second kappa shape index (κ2) is 5.27. The van der Waals surface area contributed by atoms with Crippen LogP contribution in [0.15, 0.2) is 24.3 Å². The number of carboxylic acids is 1. The highest BCUT2D eigenvalue weighted by molar-refractivity contribution is 6.30. The van der Waals surface area contributed by atoms with E-state index in [0.717, 1.165) is 0 Å². The summed E-state index contributed by atoms with van der Waals surface area (Å²) in [7, 11) is 0. The van der Waals surface area contributed by atoms with E-state index in [2.05, 4.69) is 0 Å². The van der Waals surface area contributed by atoms with Gasteiger partial charge in [0.15, 0.2) is 6.10 Å². The van der Waals surface area contributed by atoms with Crippen LogP contribution in [0.3, 0.4) is 0 Å². The third-order valence-corrected chi connectivity index (χ3v) is 2.92. The Morgan fingerprint density at radius 3 is 2.72 bits per heavy atom. The van der Waals surface area contributed by atoms with Crippen molar-refractivity contribution in [2.45, 2.75) is 12.5 Å². The first-order valence-electron chi connectivity index (χ1n) is 5.49. The maximum Gasteiger partial charge on any atom is 0.323 e. The smallest absolute Gasteiger partial charge is 0.323 e. The van der Waals surface area contributed by atoms with Crippen molar-refractivity contribution >= 4 is 23.5 Å². The number of carbonyl (C=O) groups excluding carboxylic acids is 1. The van der Waals surface area contributed by atoms with Crippen molar-refractivity contribution in [1.82, 2.24) is 4.90 Å². The highest BCUT2D eigenvalue weighted by atomic mass is 35.5. The van der Waals surface area contributed by atoms with E-state index in [1.54, 1.807) is 24.3 Å². The largest absolute Gasteiger partial charge is 0.481 e. The Morgan fingerprint density at radius 1 is 1.44 bits per heavy atom. The average Bonchev–Trinajstić information content (AvgIpc) is 2.64. The zero-order chi connectivity index (χ0) is 13.1. The SMILES string of the molecule is O=C(O)CN1CCC(Oc2ccc(Cl)cc2)C1=O. The lowest BCUT2D eigenvalue weighted by Gasteiger charge is -2.15. The predicted molar refractivity (Wildman–Crippen MR) is 64.7 cm³/mol. The fourth-order valence-electron chi connectivity index (χ4n) is 1.82. The molecule has 0 saturated carbocycles. The predicted octanol–water partition coefficient (Wildman–Crippen LogP) is 1.40. The summed E-state index contributed by atoms with van der Waals surface area (Å²) in [5.74, 6) is -0.752. The molecule has 1 aliphatic heterocycles. The minimum atomic E-state index is -1.02. The molecule has 0 spiro atoms. The number of ether oxygens (including phenoxy) is 1. The van der Waals surface area contributed by atoms with Crippen LogP contribution >= 0.6 is 11.6 Å². The maximum atomic E-state index is 11.8. The van der Waals surface area contributed by atoms with Gasteiger partial charge >= 0.3 is 5.97 Å². The Hall–Kier alpha value is -1.75. The van der Waals surface area contributed by atoms with E-state index in [-0.39, 0.29) is 12.5 Å². The third kappa shape index (κ3) is 2.92. The van der Waals surface area contributed by atoms with Gasteiger partial charge in [-0.2, -0.15) is 0 Å². The Kier molecular flexibility index (Phi) is 3.72. The summed E-state index contributed by atoms with van der Waals surface area (Å²) in [6.07, 6.45) is -0.111. The molecule has 96 valence electrons. The van der Waals surface area contributed by atoms with Gasteiger partial charge in [-0.05, 0) is 24.3 Å². The number of nitrogens with zero attached hydrogens (tertiary/aromatic N) is 1. The second-order valence-electron chi connectivity index (χ2n) is 4.00. The summed E-state index contributed by atoms with van der Waals surface area (Å²) in [4.78, 5) is 23.7. The van der Waals surface area contributed by atoms with Gasteiger partial charge in [0, 0.05) is 18.0 Å². The average molecular weight is 270 g/mol. The molecule has 0 aromatic heterocycles. The van der Waals surface area contributed by atoms with Crippen LogP contribution in [-0.4, -0.2) is 41.1 Å². The van der Waals surface area contributed by atoms with Gasteiger partial charge in [0.2, 0.25) is 0 Å². The number of likely N-dealkylation sites (tertiary alicyclic amines) is 1. The zero-order valence-corrected chi connectivity index (χ0v) is 10.3. The van der Waals surface area contributed by atoms with Crippen LogP contribution in [0.2, 0.25) is 5.02 Å². The molecule has 0 radical (unpaired) electrons. The van der Waals surface area contributed by atoms with Crippen LogP contribution in [0, 0.1) is 0 Å². The van der Waals surface area contributed by atoms with Crippen molar-refractivity contribution in [3.05, 3.63) is 29.3 Å². The quantitative estimate of drug-likeness (QED) is 0.897. The van der Waals surface area contributed by atoms with Crippen molar-refractivity contribution in [2.75, 3.05) is 13.1 Å². The molecule has 1 aromatic carbocycles. The van der Waals surface area contributed by atoms with Crippen LogP contribution in [0.5, 0.6) is 5.75 Å². The van der Waals surface area contributed by atoms with Gasteiger partial charge in [-0.3, -0.25) is 9.59 Å². The van der Waals surface area contributed by atoms with E-state index < -0.39 is 12.1 Å². The van der Waals surface area contributed by atoms with E-state index in [1.165, 1.54) is 4.90 Å². The summed E-state index contributed by atoms with van der Waals surface area (Å²) in [5.41, 5.74) is 0. The summed E-state index contributed by atoms with van der Waals surface area (Å²) in [5, 5.41) is 9.24. The van der Waals surface area contributed by atoms with Gasteiger partial charge in [-0.25, -0.2) is 0 Å². The van der Waals surface area contributed by atoms with E-state index in [1.807, 2.05) is 0 Å². The van der Waals surface area contributed by atoms with Gasteiger partial charge in [0.1, 0.15) is 12.3 Å².